The first-order chi connectivity index (χ1) is 14.4. The zero-order valence-electron chi connectivity index (χ0n) is 16.1. The van der Waals surface area contributed by atoms with E-state index in [-0.39, 0.29) is 27.4 Å². The van der Waals surface area contributed by atoms with Gasteiger partial charge in [-0.3, -0.25) is 4.79 Å². The molecular formula is C19H20F2N6O2S. The van der Waals surface area contributed by atoms with Crippen LogP contribution < -0.4 is 21.1 Å². The molecule has 3 aromatic rings. The van der Waals surface area contributed by atoms with Crippen molar-refractivity contribution < 1.29 is 18.3 Å². The van der Waals surface area contributed by atoms with Crippen LogP contribution in [0.5, 0.6) is 5.88 Å². The molecule has 0 unspecified atom stereocenters. The number of ether oxygens (including phenoxy) is 1. The minimum Gasteiger partial charge on any atom is -0.472 e. The second-order valence-corrected chi connectivity index (χ2v) is 7.89. The van der Waals surface area contributed by atoms with Crippen LogP contribution in [0, 0.1) is 11.6 Å². The highest BCUT2D eigenvalue weighted by molar-refractivity contribution is 7.19. The molecule has 1 aromatic carbocycles. The lowest BCUT2D eigenvalue weighted by molar-refractivity contribution is 0.102. The van der Waals surface area contributed by atoms with Gasteiger partial charge in [-0.05, 0) is 31.5 Å². The molecule has 30 heavy (non-hydrogen) atoms. The molecular weight excluding hydrogens is 414 g/mol. The Kier molecular flexibility index (Phi) is 5.64. The van der Waals surface area contributed by atoms with Crippen molar-refractivity contribution in [3.63, 3.8) is 0 Å². The Bertz CT molecular complexity index is 1060. The highest BCUT2D eigenvalue weighted by Crippen LogP contribution is 2.34. The van der Waals surface area contributed by atoms with Crippen LogP contribution >= 0.6 is 11.3 Å². The van der Waals surface area contributed by atoms with Gasteiger partial charge in [-0.15, -0.1) is 0 Å². The van der Waals surface area contributed by atoms with E-state index < -0.39 is 17.5 Å². The van der Waals surface area contributed by atoms with E-state index in [0.717, 1.165) is 42.9 Å². The fourth-order valence-electron chi connectivity index (χ4n) is 3.22. The number of benzene rings is 1. The summed E-state index contributed by atoms with van der Waals surface area (Å²) in [6.07, 6.45) is 3.31. The molecule has 1 fully saturated rings. The Balaban J connectivity index is 1.56. The van der Waals surface area contributed by atoms with Gasteiger partial charge in [-0.2, -0.15) is 5.10 Å². The molecule has 3 heterocycles. The van der Waals surface area contributed by atoms with E-state index in [4.69, 9.17) is 10.5 Å². The number of hydrogen-bond donors (Lipinski definition) is 3. The number of thiazole rings is 1. The third-order valence-electron chi connectivity index (χ3n) is 4.71. The first-order valence-corrected chi connectivity index (χ1v) is 10.2. The molecule has 1 amide bonds. The van der Waals surface area contributed by atoms with E-state index in [1.54, 1.807) is 7.05 Å². The second kappa shape index (κ2) is 8.36. The number of nitrogen functional groups attached to an aromatic ring is 1. The second-order valence-electron chi connectivity index (χ2n) is 6.86. The van der Waals surface area contributed by atoms with Crippen molar-refractivity contribution in [3.05, 3.63) is 41.7 Å². The van der Waals surface area contributed by atoms with Crippen LogP contribution in [0.15, 0.2) is 24.4 Å². The van der Waals surface area contributed by atoms with Crippen molar-refractivity contribution in [1.82, 2.24) is 20.1 Å². The molecule has 0 saturated carbocycles. The molecule has 1 aliphatic rings. The smallest absolute Gasteiger partial charge is 0.277 e. The normalized spacial score (nSPS) is 16.4. The molecule has 4 rings (SSSR count). The van der Waals surface area contributed by atoms with E-state index in [1.165, 1.54) is 16.9 Å². The predicted molar refractivity (Wildman–Crippen MR) is 110 cm³/mol. The average Bonchev–Trinajstić information content (AvgIpc) is 3.26. The van der Waals surface area contributed by atoms with Crippen LogP contribution in [-0.4, -0.2) is 39.9 Å². The molecule has 0 bridgehead atoms. The number of nitrogens with one attached hydrogen (secondary N) is 2. The van der Waals surface area contributed by atoms with Gasteiger partial charge in [0, 0.05) is 13.6 Å². The minimum absolute atomic E-state index is 0.0100. The molecule has 4 N–H and O–H groups in total. The fraction of sp³-hybridized carbons (Fsp3) is 0.316. The summed E-state index contributed by atoms with van der Waals surface area (Å²) in [6, 6.07) is 3.49. The van der Waals surface area contributed by atoms with Gasteiger partial charge in [-0.25, -0.2) is 18.4 Å². The van der Waals surface area contributed by atoms with E-state index >= 15 is 0 Å². The van der Waals surface area contributed by atoms with Crippen LogP contribution in [0.3, 0.4) is 0 Å². The lowest BCUT2D eigenvalue weighted by Crippen LogP contribution is -2.37. The summed E-state index contributed by atoms with van der Waals surface area (Å²) in [4.78, 5) is 16.8. The number of aromatic nitrogens is 3. The van der Waals surface area contributed by atoms with Gasteiger partial charge in [0.2, 0.25) is 5.88 Å². The maximum Gasteiger partial charge on any atom is 0.277 e. The van der Waals surface area contributed by atoms with Crippen LogP contribution in [0.1, 0.15) is 23.3 Å². The van der Waals surface area contributed by atoms with Crippen molar-refractivity contribution in [2.75, 3.05) is 24.1 Å². The molecule has 8 nitrogen and oxygen atoms in total. The van der Waals surface area contributed by atoms with Crippen molar-refractivity contribution >= 4 is 27.9 Å². The summed E-state index contributed by atoms with van der Waals surface area (Å²) in [6.45, 7) is 1.65. The van der Waals surface area contributed by atoms with Gasteiger partial charge >= 0.3 is 0 Å². The van der Waals surface area contributed by atoms with Gasteiger partial charge in [0.1, 0.15) is 33.4 Å². The van der Waals surface area contributed by atoms with E-state index in [1.807, 2.05) is 0 Å². The third kappa shape index (κ3) is 3.98. The molecule has 1 atom stereocenters. The standard InChI is InChI=1S/C19H20F2N6O2S/c1-27-19(29-10-4-3-7-23-8-10)13(9-24-27)25-17(28)15-16(22)30-18(26-15)14-11(20)5-2-6-12(14)21/h2,5-6,9-10,23H,3-4,7-8,22H2,1H3,(H,25,28)/t10-/m1/s1. The van der Waals surface area contributed by atoms with Crippen LogP contribution in [0.25, 0.3) is 10.6 Å². The summed E-state index contributed by atoms with van der Waals surface area (Å²) < 4.78 is 35.6. The molecule has 158 valence electrons. The summed E-state index contributed by atoms with van der Waals surface area (Å²) in [7, 11) is 1.71. The SMILES string of the molecule is Cn1ncc(NC(=O)c2nc(-c3c(F)cccc3F)sc2N)c1O[C@@H]1CCCNC1. The lowest BCUT2D eigenvalue weighted by Gasteiger charge is -2.24. The minimum atomic E-state index is -0.778. The maximum absolute atomic E-state index is 14.1. The largest absolute Gasteiger partial charge is 0.472 e. The number of carbonyl (C=O) groups is 1. The molecule has 2 aromatic heterocycles. The van der Waals surface area contributed by atoms with E-state index in [0.29, 0.717) is 18.1 Å². The van der Waals surface area contributed by atoms with Crippen LogP contribution in [0.4, 0.5) is 19.5 Å². The molecule has 0 spiro atoms. The number of piperidine rings is 1. The number of nitrogens with zero attached hydrogens (tertiary/aromatic N) is 3. The number of anilines is 2. The van der Waals surface area contributed by atoms with Crippen molar-refractivity contribution in [3.8, 4) is 16.5 Å². The van der Waals surface area contributed by atoms with Crippen LogP contribution in [0.2, 0.25) is 0 Å². The van der Waals surface area contributed by atoms with Gasteiger partial charge in [0.15, 0.2) is 5.69 Å². The molecule has 1 saturated heterocycles. The highest BCUT2D eigenvalue weighted by Gasteiger charge is 2.24. The number of rotatable bonds is 5. The molecule has 1 aliphatic heterocycles. The number of amides is 1. The number of hydrogen-bond acceptors (Lipinski definition) is 7. The zero-order valence-corrected chi connectivity index (χ0v) is 16.9. The number of carbonyl (C=O) groups excluding carboxylic acids is 1. The summed E-state index contributed by atoms with van der Waals surface area (Å²) >= 11 is 0.838. The zero-order chi connectivity index (χ0) is 21.3. The lowest BCUT2D eigenvalue weighted by atomic mass is 10.1. The van der Waals surface area contributed by atoms with Crippen molar-refractivity contribution in [1.29, 1.82) is 0 Å². The van der Waals surface area contributed by atoms with E-state index in [9.17, 15) is 13.6 Å². The maximum atomic E-state index is 14.1. The van der Waals surface area contributed by atoms with Gasteiger partial charge in [0.05, 0.1) is 11.8 Å². The number of aryl methyl sites for hydroxylation is 1. The Hall–Kier alpha value is -3.05. The Morgan fingerprint density at radius 3 is 2.87 bits per heavy atom. The Labute approximate surface area is 175 Å². The average molecular weight is 434 g/mol. The molecule has 11 heteroatoms. The first-order valence-electron chi connectivity index (χ1n) is 9.35. The predicted octanol–water partition coefficient (Wildman–Crippen LogP) is 2.79. The Morgan fingerprint density at radius 2 is 2.17 bits per heavy atom. The van der Waals surface area contributed by atoms with Gasteiger partial charge in [0.25, 0.3) is 5.91 Å². The topological polar surface area (TPSA) is 107 Å². The summed E-state index contributed by atoms with van der Waals surface area (Å²) in [5.74, 6) is -1.77. The highest BCUT2D eigenvalue weighted by atomic mass is 32.1. The quantitative estimate of drug-likeness (QED) is 0.570. The number of halogens is 2. The third-order valence-corrected chi connectivity index (χ3v) is 5.61. The van der Waals surface area contributed by atoms with Gasteiger partial charge < -0.3 is 21.1 Å². The van der Waals surface area contributed by atoms with Crippen molar-refractivity contribution in [2.24, 2.45) is 7.05 Å². The molecule has 0 radical (unpaired) electrons. The monoisotopic (exact) mass is 434 g/mol. The summed E-state index contributed by atoms with van der Waals surface area (Å²) in [5, 5.41) is 10.1. The van der Waals surface area contributed by atoms with Crippen molar-refractivity contribution in [2.45, 2.75) is 18.9 Å². The van der Waals surface area contributed by atoms with Crippen LogP contribution in [-0.2, 0) is 7.05 Å². The Morgan fingerprint density at radius 1 is 1.40 bits per heavy atom. The van der Waals surface area contributed by atoms with E-state index in [2.05, 4.69) is 20.7 Å². The first kappa shape index (κ1) is 20.2. The number of nitrogens with two attached hydrogens (primary N) is 1. The molecule has 0 aliphatic carbocycles. The fourth-order valence-corrected chi connectivity index (χ4v) is 4.09. The van der Waals surface area contributed by atoms with Gasteiger partial charge in [-0.1, -0.05) is 17.4 Å². The summed E-state index contributed by atoms with van der Waals surface area (Å²) in [5.41, 5.74) is 5.84.